The topological polar surface area (TPSA) is 12.0 Å². The van der Waals surface area contributed by atoms with Crippen molar-refractivity contribution in [2.45, 2.75) is 45.7 Å². The van der Waals surface area contributed by atoms with Crippen molar-refractivity contribution in [1.82, 2.24) is 5.32 Å². The van der Waals surface area contributed by atoms with Gasteiger partial charge in [0.25, 0.3) is 0 Å². The Morgan fingerprint density at radius 2 is 1.90 bits per heavy atom. The van der Waals surface area contributed by atoms with E-state index in [4.69, 9.17) is 12.2 Å². The Hall–Kier alpha value is -0.460. The van der Waals surface area contributed by atoms with Crippen molar-refractivity contribution in [2.24, 2.45) is 17.8 Å². The summed E-state index contributed by atoms with van der Waals surface area (Å²) >= 11 is 5.73. The average molecular weight is 321 g/mol. The lowest BCUT2D eigenvalue weighted by atomic mass is 9.76. The Labute approximate surface area is 136 Å². The second kappa shape index (κ2) is 7.70. The minimum absolute atomic E-state index is 0.406. The van der Waals surface area contributed by atoms with Gasteiger partial charge < -0.3 is 5.32 Å². The number of rotatable bonds is 4. The fourth-order valence-electron chi connectivity index (χ4n) is 3.61. The summed E-state index contributed by atoms with van der Waals surface area (Å²) < 4.78 is 1.07. The summed E-state index contributed by atoms with van der Waals surface area (Å²) in [5.41, 5.74) is 0.735. The van der Waals surface area contributed by atoms with Crippen molar-refractivity contribution in [3.05, 3.63) is 30.3 Å². The number of thiocarbonyl (C=S) groups is 1. The molecule has 1 unspecified atom stereocenters. The van der Waals surface area contributed by atoms with Gasteiger partial charge in [0.05, 0.1) is 0 Å². The van der Waals surface area contributed by atoms with Gasteiger partial charge in [0.2, 0.25) is 0 Å². The molecule has 0 heterocycles. The highest BCUT2D eigenvalue weighted by molar-refractivity contribution is 8.01. The van der Waals surface area contributed by atoms with Gasteiger partial charge >= 0.3 is 0 Å². The predicted octanol–water partition coefficient (Wildman–Crippen LogP) is 4.76. The van der Waals surface area contributed by atoms with Crippen LogP contribution in [-0.2, 0) is 0 Å². The summed E-state index contributed by atoms with van der Waals surface area (Å²) in [6, 6.07) is 10.9. The van der Waals surface area contributed by atoms with Crippen LogP contribution >= 0.6 is 20.1 Å². The summed E-state index contributed by atoms with van der Waals surface area (Å²) in [4.78, 5) is 0. The van der Waals surface area contributed by atoms with Crippen LogP contribution in [0.1, 0.15) is 40.0 Å². The molecule has 0 aliphatic heterocycles. The minimum atomic E-state index is -0.406. The fourth-order valence-corrected chi connectivity index (χ4v) is 7.25. The van der Waals surface area contributed by atoms with Gasteiger partial charge in [0, 0.05) is 7.05 Å². The summed E-state index contributed by atoms with van der Waals surface area (Å²) in [5, 5.41) is 4.73. The first-order chi connectivity index (χ1) is 10.0. The molecule has 3 heteroatoms. The van der Waals surface area contributed by atoms with Gasteiger partial charge in [0.1, 0.15) is 4.73 Å². The van der Waals surface area contributed by atoms with Crippen LogP contribution in [0.5, 0.6) is 0 Å². The van der Waals surface area contributed by atoms with Crippen molar-refractivity contribution >= 4 is 30.2 Å². The zero-order valence-electron chi connectivity index (χ0n) is 13.7. The van der Waals surface area contributed by atoms with E-state index in [1.807, 2.05) is 7.05 Å². The third-order valence-corrected chi connectivity index (χ3v) is 8.39. The molecule has 1 aliphatic carbocycles. The molecule has 0 saturated heterocycles. The standard InChI is InChI=1S/C18H28NPS/c1-13(2)16-12-14(3)10-11-17(16)20(18(21)19-4)15-8-6-5-7-9-15/h5-9,13-14,16-17H,10-12H2,1-4H3,(H,19,21)/t14-,16-,17-,20?/m0/s1. The van der Waals surface area contributed by atoms with E-state index >= 15 is 0 Å². The maximum atomic E-state index is 5.73. The third-order valence-electron chi connectivity index (χ3n) is 4.78. The summed E-state index contributed by atoms with van der Waals surface area (Å²) in [6.07, 6.45) is 4.04. The highest BCUT2D eigenvalue weighted by Gasteiger charge is 2.37. The molecule has 0 amide bonds. The molecule has 0 radical (unpaired) electrons. The quantitative estimate of drug-likeness (QED) is 0.634. The number of nitrogens with one attached hydrogen (secondary N) is 1. The molecule has 1 nitrogen and oxygen atoms in total. The second-order valence-corrected chi connectivity index (χ2v) is 9.73. The van der Waals surface area contributed by atoms with E-state index in [0.717, 1.165) is 28.1 Å². The molecule has 1 aromatic carbocycles. The summed E-state index contributed by atoms with van der Waals surface area (Å²) in [6.45, 7) is 7.18. The SMILES string of the molecule is CNC(=S)P(c1ccccc1)[C@H]1CC[C@H](C)C[C@H]1C(C)C. The van der Waals surface area contributed by atoms with E-state index in [9.17, 15) is 0 Å². The maximum Gasteiger partial charge on any atom is 0.103 e. The monoisotopic (exact) mass is 321 g/mol. The van der Waals surface area contributed by atoms with Crippen molar-refractivity contribution in [3.63, 3.8) is 0 Å². The van der Waals surface area contributed by atoms with Crippen molar-refractivity contribution in [3.8, 4) is 0 Å². The van der Waals surface area contributed by atoms with Crippen LogP contribution < -0.4 is 10.6 Å². The molecule has 0 spiro atoms. The lowest BCUT2D eigenvalue weighted by Crippen LogP contribution is -2.36. The Balaban J connectivity index is 2.33. The molecule has 0 aromatic heterocycles. The maximum absolute atomic E-state index is 5.73. The highest BCUT2D eigenvalue weighted by atomic mass is 32.1. The highest BCUT2D eigenvalue weighted by Crippen LogP contribution is 2.52. The lowest BCUT2D eigenvalue weighted by molar-refractivity contribution is 0.233. The largest absolute Gasteiger partial charge is 0.379 e. The zero-order chi connectivity index (χ0) is 15.4. The molecule has 116 valence electrons. The van der Waals surface area contributed by atoms with Crippen LogP contribution in [0.15, 0.2) is 30.3 Å². The van der Waals surface area contributed by atoms with Gasteiger partial charge in [-0.25, -0.2) is 0 Å². The molecule has 2 rings (SSSR count). The summed E-state index contributed by atoms with van der Waals surface area (Å²) in [7, 11) is 1.58. The third kappa shape index (κ3) is 4.05. The van der Waals surface area contributed by atoms with Gasteiger partial charge in [-0.2, -0.15) is 0 Å². The molecular formula is C18H28NPS. The van der Waals surface area contributed by atoms with E-state index in [0.29, 0.717) is 0 Å². The van der Waals surface area contributed by atoms with Crippen LogP contribution in [0.3, 0.4) is 0 Å². The predicted molar refractivity (Wildman–Crippen MR) is 99.8 cm³/mol. The first kappa shape index (κ1) is 16.9. The van der Waals surface area contributed by atoms with E-state index in [-0.39, 0.29) is 0 Å². The number of benzene rings is 1. The van der Waals surface area contributed by atoms with Gasteiger partial charge in [0.15, 0.2) is 0 Å². The van der Waals surface area contributed by atoms with E-state index in [2.05, 4.69) is 56.4 Å². The fraction of sp³-hybridized carbons (Fsp3) is 0.611. The Kier molecular flexibility index (Phi) is 6.20. The average Bonchev–Trinajstić information content (AvgIpc) is 2.49. The van der Waals surface area contributed by atoms with E-state index in [1.54, 1.807) is 0 Å². The molecule has 1 fully saturated rings. The van der Waals surface area contributed by atoms with E-state index in [1.165, 1.54) is 24.6 Å². The van der Waals surface area contributed by atoms with Gasteiger partial charge in [-0.3, -0.25) is 0 Å². The second-order valence-electron chi connectivity index (χ2n) is 6.65. The molecule has 1 aromatic rings. The van der Waals surface area contributed by atoms with Crippen molar-refractivity contribution < 1.29 is 0 Å². The molecule has 1 saturated carbocycles. The van der Waals surface area contributed by atoms with Gasteiger partial charge in [-0.05, 0) is 49.5 Å². The molecule has 21 heavy (non-hydrogen) atoms. The first-order valence-electron chi connectivity index (χ1n) is 8.10. The Morgan fingerprint density at radius 3 is 2.48 bits per heavy atom. The normalized spacial score (nSPS) is 27.4. The molecular weight excluding hydrogens is 293 g/mol. The van der Waals surface area contributed by atoms with Crippen molar-refractivity contribution in [2.75, 3.05) is 7.05 Å². The molecule has 1 aliphatic rings. The van der Waals surface area contributed by atoms with Crippen LogP contribution in [0.25, 0.3) is 0 Å². The van der Waals surface area contributed by atoms with Crippen LogP contribution in [0.2, 0.25) is 0 Å². The Morgan fingerprint density at radius 1 is 1.24 bits per heavy atom. The van der Waals surface area contributed by atoms with Crippen LogP contribution in [0.4, 0.5) is 0 Å². The first-order valence-corrected chi connectivity index (χ1v) is 9.92. The molecule has 0 bridgehead atoms. The van der Waals surface area contributed by atoms with Crippen LogP contribution in [0, 0.1) is 17.8 Å². The number of hydrogen-bond donors (Lipinski definition) is 1. The lowest BCUT2D eigenvalue weighted by Gasteiger charge is -2.42. The van der Waals surface area contributed by atoms with Gasteiger partial charge in [-0.15, -0.1) is 0 Å². The zero-order valence-corrected chi connectivity index (χ0v) is 15.4. The number of hydrogen-bond acceptors (Lipinski definition) is 1. The molecule has 1 N–H and O–H groups in total. The summed E-state index contributed by atoms with van der Waals surface area (Å²) in [5.74, 6) is 2.40. The smallest absolute Gasteiger partial charge is 0.103 e. The van der Waals surface area contributed by atoms with Crippen LogP contribution in [-0.4, -0.2) is 17.4 Å². The van der Waals surface area contributed by atoms with Crippen molar-refractivity contribution in [1.29, 1.82) is 0 Å². The minimum Gasteiger partial charge on any atom is -0.379 e. The van der Waals surface area contributed by atoms with Gasteiger partial charge in [-0.1, -0.05) is 69.7 Å². The van der Waals surface area contributed by atoms with E-state index < -0.39 is 7.92 Å². The Bertz CT molecular complexity index is 460. The molecule has 4 atom stereocenters.